The van der Waals surface area contributed by atoms with Crippen molar-refractivity contribution in [1.82, 2.24) is 4.90 Å². The molecule has 0 aromatic heterocycles. The topological polar surface area (TPSA) is 75.9 Å². The fourth-order valence-corrected chi connectivity index (χ4v) is 7.26. The van der Waals surface area contributed by atoms with Gasteiger partial charge in [-0.25, -0.2) is 0 Å². The van der Waals surface area contributed by atoms with Crippen molar-refractivity contribution >= 4 is 23.2 Å². The highest BCUT2D eigenvalue weighted by Gasteiger charge is 2.68. The minimum Gasteiger partial charge on any atom is -0.627 e. The monoisotopic (exact) mass is 473 g/mol. The van der Waals surface area contributed by atoms with Gasteiger partial charge in [-0.2, -0.15) is 0 Å². The molecule has 8 nitrogen and oxygen atoms in total. The number of rotatable bonds is 7. The van der Waals surface area contributed by atoms with Crippen LogP contribution in [-0.4, -0.2) is 83.9 Å². The number of carbonyl (C=O) groups is 1. The molecule has 9 heteroatoms. The predicted octanol–water partition coefficient (Wildman–Crippen LogP) is 3.11. The number of Topliss-reactive ketones (excluding diaryl/α,β-unsaturated/α-hetero) is 1. The number of ether oxygens (including phenoxy) is 1. The number of nitrogens with zero attached hydrogens (tertiary/aromatic N) is 4. The maximum absolute atomic E-state index is 13.9. The Morgan fingerprint density at radius 2 is 2.03 bits per heavy atom. The summed E-state index contributed by atoms with van der Waals surface area (Å²) in [6.07, 6.45) is 4.36. The number of thioether (sulfide) groups is 1. The molecular formula is C24H33N4O4S+. The van der Waals surface area contributed by atoms with Gasteiger partial charge in [-0.3, -0.25) is 14.3 Å². The SMILES string of the molecule is COc1ccccc1N1CCN(CCCCC2[N+](=O)C3=CC4(CS3)C(=O)CCC[N+]24[O-])CC1. The van der Waals surface area contributed by atoms with E-state index in [4.69, 9.17) is 4.74 Å². The van der Waals surface area contributed by atoms with Crippen molar-refractivity contribution in [3.05, 3.63) is 45.5 Å². The molecular weight excluding hydrogens is 440 g/mol. The first-order valence-corrected chi connectivity index (χ1v) is 13.0. The molecule has 1 aromatic carbocycles. The van der Waals surface area contributed by atoms with Gasteiger partial charge >= 0.3 is 6.17 Å². The number of unbranched alkanes of at least 4 members (excludes halogenated alkanes) is 1. The number of piperidine rings is 1. The highest BCUT2D eigenvalue weighted by Crippen LogP contribution is 2.51. The highest BCUT2D eigenvalue weighted by atomic mass is 32.2. The molecule has 3 atom stereocenters. The van der Waals surface area contributed by atoms with Gasteiger partial charge in [0.1, 0.15) is 5.75 Å². The van der Waals surface area contributed by atoms with E-state index in [1.807, 2.05) is 18.2 Å². The minimum atomic E-state index is -1.02. The second-order valence-corrected chi connectivity index (χ2v) is 10.5. The van der Waals surface area contributed by atoms with Crippen LogP contribution in [0.3, 0.4) is 0 Å². The van der Waals surface area contributed by atoms with Gasteiger partial charge in [0.2, 0.25) is 0 Å². The maximum Gasteiger partial charge on any atom is 0.334 e. The maximum atomic E-state index is 13.9. The quantitative estimate of drug-likeness (QED) is 0.261. The largest absolute Gasteiger partial charge is 0.627 e. The molecule has 0 amide bonds. The number of para-hydroxylation sites is 2. The third-order valence-corrected chi connectivity index (χ3v) is 8.99. The van der Waals surface area contributed by atoms with E-state index in [1.165, 1.54) is 11.8 Å². The summed E-state index contributed by atoms with van der Waals surface area (Å²) in [4.78, 5) is 30.5. The first-order valence-electron chi connectivity index (χ1n) is 12.0. The van der Waals surface area contributed by atoms with E-state index >= 15 is 0 Å². The molecule has 5 rings (SSSR count). The van der Waals surface area contributed by atoms with E-state index in [9.17, 15) is 14.9 Å². The number of hydrogen-bond donors (Lipinski definition) is 0. The van der Waals surface area contributed by atoms with Crippen molar-refractivity contribution < 1.29 is 18.9 Å². The van der Waals surface area contributed by atoms with E-state index < -0.39 is 16.4 Å². The Hall–Kier alpha value is -1.94. The number of hydrogen-bond acceptors (Lipinski definition) is 7. The normalized spacial score (nSPS) is 32.0. The van der Waals surface area contributed by atoms with Gasteiger partial charge in [0.25, 0.3) is 5.03 Å². The Morgan fingerprint density at radius 3 is 2.82 bits per heavy atom. The predicted molar refractivity (Wildman–Crippen MR) is 129 cm³/mol. The standard InChI is InChI=1S/C24H33N4O4S/c1-32-20-8-3-2-7-19(20)26-14-12-25(13-15-26)11-5-4-10-22-27(30)23-17-24(18-33-23)21(29)9-6-16-28(22,24)31/h2-3,7-8,17,22H,4-6,9-16,18H2,1H3/q+1. The average Bonchev–Trinajstić information content (AvgIpc) is 3.26. The Bertz CT molecular complexity index is 964. The molecule has 0 aliphatic carbocycles. The second kappa shape index (κ2) is 9.02. The van der Waals surface area contributed by atoms with E-state index in [1.54, 1.807) is 13.2 Å². The summed E-state index contributed by atoms with van der Waals surface area (Å²) in [5.41, 5.74) is 0.127. The summed E-state index contributed by atoms with van der Waals surface area (Å²) in [7, 11) is 1.71. The van der Waals surface area contributed by atoms with Gasteiger partial charge in [0.15, 0.2) is 11.3 Å². The molecule has 3 unspecified atom stereocenters. The number of nitroso groups, excluding NO2 is 1. The molecule has 1 spiro atoms. The lowest BCUT2D eigenvalue weighted by atomic mass is 9.83. The number of piperazine rings is 1. The first-order chi connectivity index (χ1) is 16.0. The smallest absolute Gasteiger partial charge is 0.334 e. The van der Waals surface area contributed by atoms with Crippen LogP contribution < -0.4 is 9.64 Å². The zero-order valence-corrected chi connectivity index (χ0v) is 20.1. The number of quaternary nitrogens is 1. The van der Waals surface area contributed by atoms with Gasteiger partial charge in [0.05, 0.1) is 42.4 Å². The van der Waals surface area contributed by atoms with Gasteiger partial charge < -0.3 is 14.8 Å². The van der Waals surface area contributed by atoms with Gasteiger partial charge in [-0.15, -0.1) is 0 Å². The highest BCUT2D eigenvalue weighted by molar-refractivity contribution is 8.03. The lowest BCUT2D eigenvalue weighted by Gasteiger charge is -2.55. The van der Waals surface area contributed by atoms with Gasteiger partial charge in [-0.05, 0) is 43.3 Å². The molecule has 4 heterocycles. The fourth-order valence-electron chi connectivity index (χ4n) is 5.90. The van der Waals surface area contributed by atoms with Crippen molar-refractivity contribution in [2.45, 2.75) is 43.8 Å². The lowest BCUT2D eigenvalue weighted by Crippen LogP contribution is -2.73. The number of anilines is 1. The summed E-state index contributed by atoms with van der Waals surface area (Å²) in [5.74, 6) is 1.36. The van der Waals surface area contributed by atoms with Crippen molar-refractivity contribution in [2.75, 3.05) is 57.0 Å². The van der Waals surface area contributed by atoms with Crippen LogP contribution in [0.4, 0.5) is 5.69 Å². The minimum absolute atomic E-state index is 0.0252. The molecule has 178 valence electrons. The van der Waals surface area contributed by atoms with Crippen molar-refractivity contribution in [1.29, 1.82) is 0 Å². The molecule has 0 N–H and O–H groups in total. The molecule has 2 saturated heterocycles. The van der Waals surface area contributed by atoms with Crippen LogP contribution in [0, 0.1) is 10.1 Å². The molecule has 4 aliphatic heterocycles. The third-order valence-electron chi connectivity index (χ3n) is 7.81. The van der Waals surface area contributed by atoms with Crippen LogP contribution in [0.25, 0.3) is 0 Å². The molecule has 2 bridgehead atoms. The molecule has 33 heavy (non-hydrogen) atoms. The molecule has 2 fully saturated rings. The van der Waals surface area contributed by atoms with Crippen molar-refractivity contribution in [3.8, 4) is 5.75 Å². The van der Waals surface area contributed by atoms with Crippen molar-refractivity contribution in [2.24, 2.45) is 0 Å². The summed E-state index contributed by atoms with van der Waals surface area (Å²) >= 11 is 1.38. The van der Waals surface area contributed by atoms with Crippen LogP contribution in [0.15, 0.2) is 35.4 Å². The first kappa shape index (κ1) is 22.8. The summed E-state index contributed by atoms with van der Waals surface area (Å²) in [6.45, 7) is 5.20. The molecule has 1 aromatic rings. The van der Waals surface area contributed by atoms with E-state index in [-0.39, 0.29) is 5.78 Å². The molecule has 0 saturated carbocycles. The summed E-state index contributed by atoms with van der Waals surface area (Å²) in [5, 5.41) is 14.5. The number of methoxy groups -OCH3 is 1. The van der Waals surface area contributed by atoms with Gasteiger partial charge in [0, 0.05) is 43.9 Å². The molecule has 4 aliphatic rings. The zero-order valence-electron chi connectivity index (χ0n) is 19.3. The number of ketones is 1. The van der Waals surface area contributed by atoms with Crippen molar-refractivity contribution in [3.63, 3.8) is 0 Å². The van der Waals surface area contributed by atoms with Crippen LogP contribution in [-0.2, 0) is 4.79 Å². The van der Waals surface area contributed by atoms with E-state index in [0.29, 0.717) is 36.6 Å². The summed E-state index contributed by atoms with van der Waals surface area (Å²) < 4.78 is 5.77. The third kappa shape index (κ3) is 3.79. The van der Waals surface area contributed by atoms with Crippen LogP contribution in [0.1, 0.15) is 32.1 Å². The van der Waals surface area contributed by atoms with Gasteiger partial charge in [-0.1, -0.05) is 12.1 Å². The van der Waals surface area contributed by atoms with Crippen LogP contribution in [0.5, 0.6) is 5.75 Å². The Morgan fingerprint density at radius 1 is 1.24 bits per heavy atom. The van der Waals surface area contributed by atoms with E-state index in [2.05, 4.69) is 15.9 Å². The lowest BCUT2D eigenvalue weighted by molar-refractivity contribution is -1.02. The number of carbonyl (C=O) groups excluding carboxylic acids is 1. The van der Waals surface area contributed by atoms with E-state index in [0.717, 1.165) is 61.8 Å². The number of hydroxylamine groups is 3. The zero-order chi connectivity index (χ0) is 23.1. The second-order valence-electron chi connectivity index (χ2n) is 9.54. The van der Waals surface area contributed by atoms with Crippen LogP contribution in [0.2, 0.25) is 0 Å². The number of benzene rings is 1. The molecule has 0 radical (unpaired) electrons. The Labute approximate surface area is 199 Å². The Kier molecular flexibility index (Phi) is 6.24. The average molecular weight is 474 g/mol. The summed E-state index contributed by atoms with van der Waals surface area (Å²) in [6, 6.07) is 8.14. The fraction of sp³-hybridized carbons (Fsp3) is 0.625. The van der Waals surface area contributed by atoms with Crippen LogP contribution >= 0.6 is 11.8 Å². The Balaban J connectivity index is 1.14.